The molecular weight excluding hydrogens is 234 g/mol. The van der Waals surface area contributed by atoms with E-state index in [1.54, 1.807) is 0 Å². The quantitative estimate of drug-likeness (QED) is 0.848. The molecule has 0 aliphatic carbocycles. The minimum absolute atomic E-state index is 0.723. The number of alkyl halides is 1. The highest BCUT2D eigenvalue weighted by Crippen LogP contribution is 2.25. The molecule has 1 saturated heterocycles. The number of imidazole rings is 1. The Morgan fingerprint density at radius 1 is 1.41 bits per heavy atom. The third-order valence-electron chi connectivity index (χ3n) is 3.48. The molecule has 1 fully saturated rings. The van der Waals surface area contributed by atoms with Crippen molar-refractivity contribution in [2.24, 2.45) is 5.92 Å². The maximum absolute atomic E-state index is 5.80. The van der Waals surface area contributed by atoms with Gasteiger partial charge in [-0.2, -0.15) is 0 Å². The number of fused-ring (bicyclic) bond motifs is 1. The van der Waals surface area contributed by atoms with Gasteiger partial charge in [-0.25, -0.2) is 4.98 Å². The van der Waals surface area contributed by atoms with E-state index in [0.29, 0.717) is 0 Å². The first-order chi connectivity index (χ1) is 8.36. The van der Waals surface area contributed by atoms with E-state index in [4.69, 9.17) is 11.6 Å². The van der Waals surface area contributed by atoms with E-state index in [1.165, 1.54) is 6.42 Å². The van der Waals surface area contributed by atoms with Gasteiger partial charge in [-0.1, -0.05) is 12.1 Å². The molecule has 0 radical (unpaired) electrons. The SMILES string of the molecule is ClCCC1CCN(c2nc3ccccc3[nH]2)C1. The lowest BCUT2D eigenvalue weighted by Gasteiger charge is -2.14. The Labute approximate surface area is 106 Å². The molecule has 4 heteroatoms. The Morgan fingerprint density at radius 3 is 3.12 bits per heavy atom. The van der Waals surface area contributed by atoms with E-state index < -0.39 is 0 Å². The van der Waals surface area contributed by atoms with Gasteiger partial charge >= 0.3 is 0 Å². The molecule has 0 amide bonds. The van der Waals surface area contributed by atoms with Gasteiger partial charge in [-0.3, -0.25) is 0 Å². The number of nitrogens with one attached hydrogen (secondary N) is 1. The zero-order valence-corrected chi connectivity index (χ0v) is 10.5. The summed E-state index contributed by atoms with van der Waals surface area (Å²) in [5.74, 6) is 2.49. The summed E-state index contributed by atoms with van der Waals surface area (Å²) < 4.78 is 0. The van der Waals surface area contributed by atoms with Crippen LogP contribution in [0.3, 0.4) is 0 Å². The molecule has 3 rings (SSSR count). The van der Waals surface area contributed by atoms with Gasteiger partial charge in [-0.15, -0.1) is 11.6 Å². The predicted octanol–water partition coefficient (Wildman–Crippen LogP) is 3.02. The number of aromatic amines is 1. The Morgan fingerprint density at radius 2 is 2.29 bits per heavy atom. The van der Waals surface area contributed by atoms with Crippen molar-refractivity contribution in [3.8, 4) is 0 Å². The molecule has 2 heterocycles. The average molecular weight is 250 g/mol. The van der Waals surface area contributed by atoms with Crippen LogP contribution in [0.2, 0.25) is 0 Å². The number of benzene rings is 1. The lowest BCUT2D eigenvalue weighted by atomic mass is 10.1. The van der Waals surface area contributed by atoms with Crippen molar-refractivity contribution < 1.29 is 0 Å². The average Bonchev–Trinajstić information content (AvgIpc) is 2.94. The number of para-hydroxylation sites is 2. The van der Waals surface area contributed by atoms with Gasteiger partial charge in [-0.05, 0) is 30.9 Å². The lowest BCUT2D eigenvalue weighted by molar-refractivity contribution is 0.572. The molecule has 1 aromatic heterocycles. The smallest absolute Gasteiger partial charge is 0.203 e. The fourth-order valence-corrected chi connectivity index (χ4v) is 2.81. The van der Waals surface area contributed by atoms with Gasteiger partial charge in [0.1, 0.15) is 0 Å². The van der Waals surface area contributed by atoms with Crippen molar-refractivity contribution in [2.75, 3.05) is 23.9 Å². The number of aromatic nitrogens is 2. The standard InChI is InChI=1S/C13H16ClN3/c14-7-5-10-6-8-17(9-10)13-15-11-3-1-2-4-12(11)16-13/h1-4,10H,5-9H2,(H,15,16). The summed E-state index contributed by atoms with van der Waals surface area (Å²) in [6.07, 6.45) is 2.34. The van der Waals surface area contributed by atoms with E-state index >= 15 is 0 Å². The van der Waals surface area contributed by atoms with Gasteiger partial charge < -0.3 is 9.88 Å². The Hall–Kier alpha value is -1.22. The maximum Gasteiger partial charge on any atom is 0.203 e. The van der Waals surface area contributed by atoms with Crippen LogP contribution in [0.15, 0.2) is 24.3 Å². The topological polar surface area (TPSA) is 31.9 Å². The zero-order chi connectivity index (χ0) is 11.7. The lowest BCUT2D eigenvalue weighted by Crippen LogP contribution is -2.20. The van der Waals surface area contributed by atoms with Crippen molar-refractivity contribution >= 4 is 28.6 Å². The van der Waals surface area contributed by atoms with Gasteiger partial charge in [0.2, 0.25) is 5.95 Å². The first kappa shape index (κ1) is 10.9. The molecule has 3 nitrogen and oxygen atoms in total. The number of nitrogens with zero attached hydrogens (tertiary/aromatic N) is 2. The molecule has 1 unspecified atom stereocenters. The van der Waals surface area contributed by atoms with E-state index in [-0.39, 0.29) is 0 Å². The summed E-state index contributed by atoms with van der Waals surface area (Å²) >= 11 is 5.80. The second-order valence-corrected chi connectivity index (χ2v) is 5.03. The highest BCUT2D eigenvalue weighted by Gasteiger charge is 2.23. The summed E-state index contributed by atoms with van der Waals surface area (Å²) in [6.45, 7) is 2.16. The first-order valence-electron chi connectivity index (χ1n) is 6.12. The Bertz CT molecular complexity index is 475. The van der Waals surface area contributed by atoms with Crippen LogP contribution in [0.25, 0.3) is 11.0 Å². The molecule has 1 aromatic carbocycles. The van der Waals surface area contributed by atoms with Crippen molar-refractivity contribution in [3.63, 3.8) is 0 Å². The van der Waals surface area contributed by atoms with Crippen LogP contribution < -0.4 is 4.90 Å². The minimum Gasteiger partial charge on any atom is -0.342 e. The van der Waals surface area contributed by atoms with Gasteiger partial charge in [0.05, 0.1) is 11.0 Å². The highest BCUT2D eigenvalue weighted by molar-refractivity contribution is 6.17. The highest BCUT2D eigenvalue weighted by atomic mass is 35.5. The van der Waals surface area contributed by atoms with Crippen LogP contribution in [-0.2, 0) is 0 Å². The molecule has 1 aliphatic heterocycles. The summed E-state index contributed by atoms with van der Waals surface area (Å²) in [5.41, 5.74) is 2.16. The zero-order valence-electron chi connectivity index (χ0n) is 9.69. The number of rotatable bonds is 3. The molecule has 0 spiro atoms. The van der Waals surface area contributed by atoms with Gasteiger partial charge in [0.25, 0.3) is 0 Å². The summed E-state index contributed by atoms with van der Waals surface area (Å²) in [4.78, 5) is 10.3. The molecule has 2 aromatic rings. The number of anilines is 1. The number of halogens is 1. The second kappa shape index (κ2) is 4.57. The fourth-order valence-electron chi connectivity index (χ4n) is 2.50. The second-order valence-electron chi connectivity index (χ2n) is 4.66. The van der Waals surface area contributed by atoms with Crippen LogP contribution >= 0.6 is 11.6 Å². The van der Waals surface area contributed by atoms with E-state index in [1.807, 2.05) is 18.2 Å². The summed E-state index contributed by atoms with van der Waals surface area (Å²) in [6, 6.07) is 8.16. The van der Waals surface area contributed by atoms with Crippen molar-refractivity contribution in [1.29, 1.82) is 0 Å². The Kier molecular flexibility index (Phi) is 2.93. The molecular formula is C13H16ClN3. The largest absolute Gasteiger partial charge is 0.342 e. The van der Waals surface area contributed by atoms with Crippen LogP contribution in [-0.4, -0.2) is 28.9 Å². The molecule has 17 heavy (non-hydrogen) atoms. The van der Waals surface area contributed by atoms with Crippen LogP contribution in [0, 0.1) is 5.92 Å². The van der Waals surface area contributed by atoms with Gasteiger partial charge in [0, 0.05) is 19.0 Å². The van der Waals surface area contributed by atoms with E-state index in [9.17, 15) is 0 Å². The third kappa shape index (κ3) is 2.12. The molecule has 0 saturated carbocycles. The van der Waals surface area contributed by atoms with Crippen molar-refractivity contribution in [2.45, 2.75) is 12.8 Å². The Balaban J connectivity index is 1.80. The number of H-pyrrole nitrogens is 1. The van der Waals surface area contributed by atoms with Crippen LogP contribution in [0.1, 0.15) is 12.8 Å². The normalized spacial score (nSPS) is 20.3. The predicted molar refractivity (Wildman–Crippen MR) is 71.8 cm³/mol. The molecule has 0 bridgehead atoms. The fraction of sp³-hybridized carbons (Fsp3) is 0.462. The van der Waals surface area contributed by atoms with E-state index in [2.05, 4.69) is 20.9 Å². The number of hydrogen-bond acceptors (Lipinski definition) is 2. The molecule has 1 N–H and O–H groups in total. The van der Waals surface area contributed by atoms with Crippen molar-refractivity contribution in [1.82, 2.24) is 9.97 Å². The summed E-state index contributed by atoms with van der Waals surface area (Å²) in [7, 11) is 0. The monoisotopic (exact) mass is 249 g/mol. The first-order valence-corrected chi connectivity index (χ1v) is 6.66. The molecule has 1 atom stereocenters. The van der Waals surface area contributed by atoms with Gasteiger partial charge in [0.15, 0.2) is 0 Å². The molecule has 1 aliphatic rings. The third-order valence-corrected chi connectivity index (χ3v) is 3.70. The van der Waals surface area contributed by atoms with Crippen molar-refractivity contribution in [3.05, 3.63) is 24.3 Å². The maximum atomic E-state index is 5.80. The number of hydrogen-bond donors (Lipinski definition) is 1. The van der Waals surface area contributed by atoms with E-state index in [0.717, 1.165) is 48.3 Å². The minimum atomic E-state index is 0.723. The summed E-state index contributed by atoms with van der Waals surface area (Å²) in [5, 5.41) is 0. The molecule has 90 valence electrons. The van der Waals surface area contributed by atoms with Crippen LogP contribution in [0.4, 0.5) is 5.95 Å². The van der Waals surface area contributed by atoms with Crippen LogP contribution in [0.5, 0.6) is 0 Å².